The monoisotopic (exact) mass is 620 g/mol. The molecule has 2 unspecified atom stereocenters. The van der Waals surface area contributed by atoms with Crippen molar-refractivity contribution in [2.24, 2.45) is 50.2 Å². The van der Waals surface area contributed by atoms with Gasteiger partial charge in [-0.05, 0) is 97.2 Å². The summed E-state index contributed by atoms with van der Waals surface area (Å²) in [4.78, 5) is 12.9. The molecule has 0 radical (unpaired) electrons. The van der Waals surface area contributed by atoms with Crippen LogP contribution < -0.4 is 0 Å². The number of allylic oxidation sites excluding steroid dienone is 2. The zero-order valence-electron chi connectivity index (χ0n) is 27.5. The number of hydrogen-bond acceptors (Lipinski definition) is 8. The van der Waals surface area contributed by atoms with Crippen LogP contribution in [-0.2, 0) is 14.3 Å². The van der Waals surface area contributed by atoms with Gasteiger partial charge in [0.2, 0.25) is 0 Å². The molecule has 1 heterocycles. The van der Waals surface area contributed by atoms with Gasteiger partial charge in [-0.25, -0.2) is 0 Å². The largest absolute Gasteiger partial charge is 0.481 e. The van der Waals surface area contributed by atoms with E-state index < -0.39 is 53.6 Å². The Balaban J connectivity index is 1.35. The Kier molecular flexibility index (Phi) is 7.81. The molecule has 6 rings (SSSR count). The molecule has 0 bridgehead atoms. The Hall–Kier alpha value is -1.07. The lowest BCUT2D eigenvalue weighted by molar-refractivity contribution is -0.328. The molecule has 0 aromatic carbocycles. The van der Waals surface area contributed by atoms with E-state index in [1.165, 1.54) is 5.57 Å². The number of aliphatic hydroxyl groups is 5. The summed E-state index contributed by atoms with van der Waals surface area (Å²) in [5.41, 5.74) is -0.690. The summed E-state index contributed by atoms with van der Waals surface area (Å²) in [5, 5.41) is 64.1. The quantitative estimate of drug-likeness (QED) is 0.204. The fourth-order valence-corrected chi connectivity index (χ4v) is 12.0. The molecule has 44 heavy (non-hydrogen) atoms. The van der Waals surface area contributed by atoms with E-state index in [0.717, 1.165) is 44.9 Å². The van der Waals surface area contributed by atoms with E-state index in [1.807, 2.05) is 6.92 Å². The van der Waals surface area contributed by atoms with Crippen LogP contribution in [0.2, 0.25) is 0 Å². The van der Waals surface area contributed by atoms with E-state index >= 15 is 0 Å². The third-order valence-corrected chi connectivity index (χ3v) is 14.8. The van der Waals surface area contributed by atoms with Crippen LogP contribution in [0.25, 0.3) is 0 Å². The second-order valence-corrected chi connectivity index (χ2v) is 17.4. The average molecular weight is 621 g/mol. The zero-order chi connectivity index (χ0) is 32.3. The van der Waals surface area contributed by atoms with Crippen LogP contribution in [0.5, 0.6) is 0 Å². The van der Waals surface area contributed by atoms with Crippen molar-refractivity contribution >= 4 is 5.97 Å². The highest BCUT2D eigenvalue weighted by atomic mass is 16.7. The molecule has 9 heteroatoms. The maximum absolute atomic E-state index is 12.9. The Labute approximate surface area is 262 Å². The molecular weight excluding hydrogens is 564 g/mol. The lowest BCUT2D eigenvalue weighted by Gasteiger charge is -2.71. The molecule has 6 N–H and O–H groups in total. The fourth-order valence-electron chi connectivity index (χ4n) is 12.0. The molecule has 1 saturated heterocycles. The first-order chi connectivity index (χ1) is 20.4. The molecule has 14 atom stereocenters. The van der Waals surface area contributed by atoms with E-state index in [1.54, 1.807) is 0 Å². The molecule has 250 valence electrons. The Morgan fingerprint density at radius 1 is 0.909 bits per heavy atom. The van der Waals surface area contributed by atoms with Gasteiger partial charge in [0.15, 0.2) is 6.29 Å². The van der Waals surface area contributed by atoms with Gasteiger partial charge in [-0.2, -0.15) is 0 Å². The predicted octanol–water partition coefficient (Wildman–Crippen LogP) is 3.64. The van der Waals surface area contributed by atoms with E-state index in [2.05, 4.69) is 40.7 Å². The summed E-state index contributed by atoms with van der Waals surface area (Å²) in [6.45, 7) is 13.2. The van der Waals surface area contributed by atoms with Gasteiger partial charge in [-0.3, -0.25) is 4.79 Å². The number of aliphatic carboxylic acids is 1. The predicted molar refractivity (Wildman–Crippen MR) is 162 cm³/mol. The van der Waals surface area contributed by atoms with Crippen molar-refractivity contribution in [1.82, 2.24) is 0 Å². The zero-order valence-corrected chi connectivity index (χ0v) is 27.5. The average Bonchev–Trinajstić information content (AvgIpc) is 2.94. The minimum absolute atomic E-state index is 0.0107. The van der Waals surface area contributed by atoms with Crippen molar-refractivity contribution < 1.29 is 44.9 Å². The van der Waals surface area contributed by atoms with Crippen molar-refractivity contribution in [2.75, 3.05) is 13.2 Å². The van der Waals surface area contributed by atoms with Gasteiger partial charge in [-0.1, -0.05) is 53.2 Å². The lowest BCUT2D eigenvalue weighted by atomic mass is 9.33. The fraction of sp³-hybridized carbons (Fsp3) is 0.914. The molecule has 6 aliphatic rings. The van der Waals surface area contributed by atoms with Gasteiger partial charge in [0.25, 0.3) is 0 Å². The van der Waals surface area contributed by atoms with Gasteiger partial charge in [0.1, 0.15) is 18.3 Å². The minimum atomic E-state index is -1.48. The van der Waals surface area contributed by atoms with Crippen molar-refractivity contribution in [3.05, 3.63) is 11.6 Å². The SMILES string of the molecule is CC1(C)CC[C@]2(C(=O)O)CC[C@]3(C)C(=CCC4[C@@]5(C)C[C@H](O)[C@H](O[C@@H]6OC[C@H](O)[C@H](O)[C@H]6O)[C@@](C)(CO)C5CC[C@]43C)[C@@H]2C1. The van der Waals surface area contributed by atoms with Gasteiger partial charge in [-0.15, -0.1) is 0 Å². The maximum atomic E-state index is 12.9. The molecule has 0 amide bonds. The van der Waals surface area contributed by atoms with Crippen molar-refractivity contribution in [2.45, 2.75) is 136 Å². The number of ether oxygens (including phenoxy) is 2. The maximum Gasteiger partial charge on any atom is 0.310 e. The number of carboxylic acid groups (broad SMARTS) is 1. The Morgan fingerprint density at radius 3 is 2.25 bits per heavy atom. The highest BCUT2D eigenvalue weighted by molar-refractivity contribution is 5.76. The van der Waals surface area contributed by atoms with Crippen molar-refractivity contribution in [3.8, 4) is 0 Å². The third kappa shape index (κ3) is 4.32. The topological polar surface area (TPSA) is 157 Å². The van der Waals surface area contributed by atoms with Crippen LogP contribution in [0.15, 0.2) is 11.6 Å². The summed E-state index contributed by atoms with van der Waals surface area (Å²) in [7, 11) is 0. The number of carbonyl (C=O) groups is 1. The Morgan fingerprint density at radius 2 is 1.59 bits per heavy atom. The van der Waals surface area contributed by atoms with Crippen molar-refractivity contribution in [1.29, 1.82) is 0 Å². The Bertz CT molecular complexity index is 1190. The van der Waals surface area contributed by atoms with Gasteiger partial charge in [0, 0.05) is 5.41 Å². The van der Waals surface area contributed by atoms with E-state index in [-0.39, 0.29) is 52.6 Å². The van der Waals surface area contributed by atoms with Crippen molar-refractivity contribution in [3.63, 3.8) is 0 Å². The van der Waals surface area contributed by atoms with Crippen LogP contribution in [0.1, 0.15) is 99.3 Å². The molecule has 1 aliphatic heterocycles. The first kappa shape index (κ1) is 32.9. The van der Waals surface area contributed by atoms with Gasteiger partial charge in [0.05, 0.1) is 30.8 Å². The van der Waals surface area contributed by atoms with Crippen LogP contribution in [-0.4, -0.2) is 86.6 Å². The molecule has 5 aliphatic carbocycles. The standard InChI is InChI=1S/C35H56O9/c1-30(2)11-13-35(29(41)42)14-12-33(5)19(20(35)15-30)7-8-24-31(3)16-21(37)27(44-28-26(40)25(39)22(38)17-43-28)32(4,18-36)23(31)9-10-34(24,33)6/h7,20-28,36-40H,8-18H2,1-6H3,(H,41,42)/t20-,21-,22-,23?,24?,25-,26+,27-,28-,31-,32-,33+,34+,35-/m0/s1. The smallest absolute Gasteiger partial charge is 0.310 e. The van der Waals surface area contributed by atoms with E-state index in [9.17, 15) is 35.4 Å². The first-order valence-corrected chi connectivity index (χ1v) is 16.9. The van der Waals surface area contributed by atoms with E-state index in [0.29, 0.717) is 12.8 Å². The van der Waals surface area contributed by atoms with Crippen LogP contribution in [0.3, 0.4) is 0 Å². The summed E-state index contributed by atoms with van der Waals surface area (Å²) < 4.78 is 11.8. The number of aliphatic hydroxyl groups excluding tert-OH is 5. The second kappa shape index (κ2) is 10.5. The van der Waals surface area contributed by atoms with Crippen LogP contribution in [0.4, 0.5) is 0 Å². The van der Waals surface area contributed by atoms with Gasteiger partial charge >= 0.3 is 5.97 Å². The summed E-state index contributed by atoms with van der Waals surface area (Å²) in [5.74, 6) is -0.389. The summed E-state index contributed by atoms with van der Waals surface area (Å²) in [6, 6.07) is 0. The lowest BCUT2D eigenvalue weighted by Crippen LogP contribution is -2.69. The number of rotatable bonds is 4. The molecule has 0 spiro atoms. The number of carboxylic acids is 1. The van der Waals surface area contributed by atoms with Crippen LogP contribution in [0, 0.1) is 50.2 Å². The molecule has 0 aromatic heterocycles. The van der Waals surface area contributed by atoms with Gasteiger partial charge < -0.3 is 40.1 Å². The normalized spacial score (nSPS) is 55.1. The number of fused-ring (bicyclic) bond motifs is 7. The highest BCUT2D eigenvalue weighted by Gasteiger charge is 2.71. The van der Waals surface area contributed by atoms with Crippen LogP contribution >= 0.6 is 0 Å². The molecular formula is C35H56O9. The van der Waals surface area contributed by atoms with E-state index in [4.69, 9.17) is 9.47 Å². The molecule has 4 saturated carbocycles. The number of hydrogen-bond donors (Lipinski definition) is 6. The summed E-state index contributed by atoms with van der Waals surface area (Å²) in [6.07, 6.45) is 2.36. The minimum Gasteiger partial charge on any atom is -0.481 e. The first-order valence-electron chi connectivity index (χ1n) is 16.9. The molecule has 0 aromatic rings. The molecule has 5 fully saturated rings. The molecule has 9 nitrogen and oxygen atoms in total. The third-order valence-electron chi connectivity index (χ3n) is 14.8. The second-order valence-electron chi connectivity index (χ2n) is 17.4. The highest BCUT2D eigenvalue weighted by Crippen LogP contribution is 2.76. The summed E-state index contributed by atoms with van der Waals surface area (Å²) >= 11 is 0.